The minimum Gasteiger partial charge on any atom is -0.492 e. The second kappa shape index (κ2) is 7.07. The fraction of sp³-hybridized carbons (Fsp3) is 0.333. The van der Waals surface area contributed by atoms with Crippen molar-refractivity contribution in [3.8, 4) is 17.5 Å². The summed E-state index contributed by atoms with van der Waals surface area (Å²) in [4.78, 5) is 8.60. The minimum atomic E-state index is 0.00858. The molecule has 4 heterocycles. The monoisotopic (exact) mass is 394 g/mol. The van der Waals surface area contributed by atoms with Crippen LogP contribution in [0.5, 0.6) is 5.88 Å². The van der Waals surface area contributed by atoms with Crippen molar-refractivity contribution in [1.82, 2.24) is 19.5 Å². The number of furan rings is 1. The Hall–Kier alpha value is -2.64. The van der Waals surface area contributed by atoms with Gasteiger partial charge in [0.2, 0.25) is 16.7 Å². The molecule has 1 atom stereocenters. The first-order chi connectivity index (χ1) is 13.7. The number of hydrogen-bond acceptors (Lipinski definition) is 6. The summed E-state index contributed by atoms with van der Waals surface area (Å²) in [5.41, 5.74) is 1.18. The first-order valence-electron chi connectivity index (χ1n) is 9.62. The summed E-state index contributed by atoms with van der Waals surface area (Å²) < 4.78 is 6.92. The molecule has 28 heavy (non-hydrogen) atoms. The summed E-state index contributed by atoms with van der Waals surface area (Å²) in [6.07, 6.45) is 3.94. The summed E-state index contributed by atoms with van der Waals surface area (Å²) in [7, 11) is 0. The van der Waals surface area contributed by atoms with Crippen LogP contribution in [0.15, 0.2) is 53.1 Å². The molecule has 6 nitrogen and oxygen atoms in total. The van der Waals surface area contributed by atoms with E-state index >= 15 is 0 Å². The van der Waals surface area contributed by atoms with Gasteiger partial charge in [-0.05, 0) is 49.5 Å². The third-order valence-corrected chi connectivity index (χ3v) is 6.56. The SMILES string of the molecule is CC1CCN([C@@H](c2ccccc2)c2sc3nc(-c4ccco4)nn3c2O)CC1. The predicted molar refractivity (Wildman–Crippen MR) is 108 cm³/mol. The summed E-state index contributed by atoms with van der Waals surface area (Å²) in [6, 6.07) is 14.0. The van der Waals surface area contributed by atoms with Gasteiger partial charge in [0.25, 0.3) is 0 Å². The van der Waals surface area contributed by atoms with Gasteiger partial charge in [0.05, 0.1) is 17.2 Å². The number of benzene rings is 1. The van der Waals surface area contributed by atoms with Crippen LogP contribution >= 0.6 is 11.3 Å². The second-order valence-corrected chi connectivity index (χ2v) is 8.44. The van der Waals surface area contributed by atoms with E-state index in [0.717, 1.165) is 23.9 Å². The first-order valence-corrected chi connectivity index (χ1v) is 10.4. The van der Waals surface area contributed by atoms with Crippen LogP contribution < -0.4 is 0 Å². The Bertz CT molecular complexity index is 1060. The van der Waals surface area contributed by atoms with Crippen LogP contribution in [0.25, 0.3) is 16.5 Å². The molecule has 7 heteroatoms. The highest BCUT2D eigenvalue weighted by Crippen LogP contribution is 2.41. The van der Waals surface area contributed by atoms with E-state index in [-0.39, 0.29) is 11.9 Å². The van der Waals surface area contributed by atoms with Gasteiger partial charge in [-0.25, -0.2) is 0 Å². The number of aromatic hydroxyl groups is 1. The Balaban J connectivity index is 1.57. The van der Waals surface area contributed by atoms with Gasteiger partial charge < -0.3 is 9.52 Å². The largest absolute Gasteiger partial charge is 0.492 e. The lowest BCUT2D eigenvalue weighted by Crippen LogP contribution is -2.36. The zero-order valence-corrected chi connectivity index (χ0v) is 16.5. The molecule has 1 aromatic carbocycles. The molecule has 144 valence electrons. The zero-order chi connectivity index (χ0) is 19.1. The van der Waals surface area contributed by atoms with E-state index < -0.39 is 0 Å². The number of aromatic nitrogens is 3. The first kappa shape index (κ1) is 17.5. The number of rotatable bonds is 4. The zero-order valence-electron chi connectivity index (χ0n) is 15.7. The van der Waals surface area contributed by atoms with E-state index in [1.165, 1.54) is 34.3 Å². The molecule has 1 saturated heterocycles. The van der Waals surface area contributed by atoms with Gasteiger partial charge in [0.1, 0.15) is 0 Å². The number of thiazole rings is 1. The Morgan fingerprint density at radius 2 is 1.93 bits per heavy atom. The van der Waals surface area contributed by atoms with Gasteiger partial charge >= 0.3 is 0 Å². The molecule has 0 unspecified atom stereocenters. The summed E-state index contributed by atoms with van der Waals surface area (Å²) in [6.45, 7) is 4.35. The van der Waals surface area contributed by atoms with E-state index in [1.54, 1.807) is 12.3 Å². The van der Waals surface area contributed by atoms with Crippen molar-refractivity contribution in [2.75, 3.05) is 13.1 Å². The van der Waals surface area contributed by atoms with Gasteiger partial charge in [0, 0.05) is 0 Å². The molecule has 1 aliphatic rings. The fourth-order valence-corrected chi connectivity index (χ4v) is 5.01. The number of hydrogen-bond donors (Lipinski definition) is 1. The van der Waals surface area contributed by atoms with E-state index in [0.29, 0.717) is 16.5 Å². The highest BCUT2D eigenvalue weighted by molar-refractivity contribution is 7.17. The predicted octanol–water partition coefficient (Wildman–Crippen LogP) is 4.58. The number of fused-ring (bicyclic) bond motifs is 1. The van der Waals surface area contributed by atoms with Gasteiger partial charge in [-0.1, -0.05) is 48.6 Å². The standard InChI is InChI=1S/C21H22N4O2S/c1-14-9-11-24(12-10-14)17(15-6-3-2-4-7-15)18-20(26)25-21(28-18)22-19(23-25)16-8-5-13-27-16/h2-8,13-14,17,26H,9-12H2,1H3/t17-/m0/s1. The maximum absolute atomic E-state index is 11.0. The normalized spacial score (nSPS) is 17.3. The van der Waals surface area contributed by atoms with E-state index in [1.807, 2.05) is 12.1 Å². The van der Waals surface area contributed by atoms with Crippen LogP contribution in [-0.4, -0.2) is 37.7 Å². The van der Waals surface area contributed by atoms with Crippen LogP contribution in [0, 0.1) is 5.92 Å². The van der Waals surface area contributed by atoms with E-state index in [9.17, 15) is 5.11 Å². The molecule has 0 bridgehead atoms. The third-order valence-electron chi connectivity index (χ3n) is 5.49. The Morgan fingerprint density at radius 3 is 2.61 bits per heavy atom. The molecular weight excluding hydrogens is 372 g/mol. The topological polar surface area (TPSA) is 66.8 Å². The molecule has 4 aromatic rings. The molecule has 0 saturated carbocycles. The maximum atomic E-state index is 11.0. The van der Waals surface area contributed by atoms with E-state index in [2.05, 4.69) is 46.2 Å². The summed E-state index contributed by atoms with van der Waals surface area (Å²) in [5.74, 6) is 2.00. The van der Waals surface area contributed by atoms with Crippen molar-refractivity contribution in [2.24, 2.45) is 5.92 Å². The third kappa shape index (κ3) is 3.00. The smallest absolute Gasteiger partial charge is 0.230 e. The molecule has 1 aliphatic heterocycles. The highest BCUT2D eigenvalue weighted by Gasteiger charge is 2.31. The van der Waals surface area contributed by atoms with Crippen molar-refractivity contribution >= 4 is 16.3 Å². The second-order valence-electron chi connectivity index (χ2n) is 7.43. The molecular formula is C21H22N4O2S. The Morgan fingerprint density at radius 1 is 1.14 bits per heavy atom. The van der Waals surface area contributed by atoms with Crippen molar-refractivity contribution in [2.45, 2.75) is 25.8 Å². The van der Waals surface area contributed by atoms with Gasteiger partial charge in [-0.3, -0.25) is 4.90 Å². The van der Waals surface area contributed by atoms with Crippen molar-refractivity contribution < 1.29 is 9.52 Å². The molecule has 1 fully saturated rings. The fourth-order valence-electron chi connectivity index (χ4n) is 3.89. The lowest BCUT2D eigenvalue weighted by atomic mass is 9.95. The quantitative estimate of drug-likeness (QED) is 0.549. The molecule has 0 amide bonds. The van der Waals surface area contributed by atoms with E-state index in [4.69, 9.17) is 4.42 Å². The van der Waals surface area contributed by atoms with Crippen molar-refractivity contribution in [1.29, 1.82) is 0 Å². The number of nitrogens with zero attached hydrogens (tertiary/aromatic N) is 4. The van der Waals surface area contributed by atoms with Gasteiger partial charge in [-0.2, -0.15) is 9.50 Å². The van der Waals surface area contributed by atoms with Gasteiger partial charge in [0.15, 0.2) is 5.76 Å². The van der Waals surface area contributed by atoms with Crippen molar-refractivity contribution in [3.05, 3.63) is 59.2 Å². The molecule has 0 aliphatic carbocycles. The average Bonchev–Trinajstić information content (AvgIpc) is 3.43. The Labute approximate surface area is 167 Å². The molecule has 5 rings (SSSR count). The lowest BCUT2D eigenvalue weighted by molar-refractivity contribution is 0.157. The molecule has 0 spiro atoms. The Kier molecular flexibility index (Phi) is 4.41. The molecule has 1 N–H and O–H groups in total. The van der Waals surface area contributed by atoms with Crippen LogP contribution in [-0.2, 0) is 0 Å². The molecule has 3 aromatic heterocycles. The summed E-state index contributed by atoms with van der Waals surface area (Å²) in [5, 5.41) is 15.5. The van der Waals surface area contributed by atoms with Crippen molar-refractivity contribution in [3.63, 3.8) is 0 Å². The minimum absolute atomic E-state index is 0.00858. The van der Waals surface area contributed by atoms with Gasteiger partial charge in [-0.15, -0.1) is 5.10 Å². The highest BCUT2D eigenvalue weighted by atomic mass is 32.1. The van der Waals surface area contributed by atoms with Crippen LogP contribution in [0.3, 0.4) is 0 Å². The number of piperidine rings is 1. The van der Waals surface area contributed by atoms with Crippen LogP contribution in [0.4, 0.5) is 0 Å². The lowest BCUT2D eigenvalue weighted by Gasteiger charge is -2.36. The maximum Gasteiger partial charge on any atom is 0.230 e. The number of likely N-dealkylation sites (tertiary alicyclic amines) is 1. The average molecular weight is 395 g/mol. The van der Waals surface area contributed by atoms with Crippen LogP contribution in [0.2, 0.25) is 0 Å². The van der Waals surface area contributed by atoms with Crippen LogP contribution in [0.1, 0.15) is 36.2 Å². The summed E-state index contributed by atoms with van der Waals surface area (Å²) >= 11 is 1.50. The molecule has 0 radical (unpaired) electrons.